The van der Waals surface area contributed by atoms with E-state index in [2.05, 4.69) is 0 Å². The molecule has 0 unspecified atom stereocenters. The summed E-state index contributed by atoms with van der Waals surface area (Å²) < 4.78 is 47.6. The van der Waals surface area contributed by atoms with Crippen LogP contribution in [0.15, 0.2) is 71.6 Å². The number of sulfonamides is 1. The summed E-state index contributed by atoms with van der Waals surface area (Å²) in [5.41, 5.74) is -0.205. The number of methoxy groups -OCH3 is 1. The number of benzene rings is 3. The van der Waals surface area contributed by atoms with Crippen molar-refractivity contribution in [2.24, 2.45) is 0 Å². The van der Waals surface area contributed by atoms with Crippen LogP contribution in [0.25, 0.3) is 0 Å². The van der Waals surface area contributed by atoms with Gasteiger partial charge in [-0.2, -0.15) is 0 Å². The van der Waals surface area contributed by atoms with Gasteiger partial charge in [0, 0.05) is 17.7 Å². The Bertz CT molecular complexity index is 1200. The van der Waals surface area contributed by atoms with Gasteiger partial charge in [-0.15, -0.1) is 0 Å². The molecule has 3 aromatic rings. The van der Waals surface area contributed by atoms with Crippen LogP contribution in [0.1, 0.15) is 5.56 Å². The van der Waals surface area contributed by atoms with Gasteiger partial charge in [0.25, 0.3) is 15.7 Å². The van der Waals surface area contributed by atoms with E-state index in [0.717, 1.165) is 22.5 Å². The number of nitrogens with zero attached hydrogens (tertiary/aromatic N) is 2. The maximum atomic E-state index is 14.3. The molecular formula is C20H16ClFN2O5S. The van der Waals surface area contributed by atoms with E-state index in [9.17, 15) is 22.9 Å². The van der Waals surface area contributed by atoms with E-state index >= 15 is 0 Å². The molecule has 30 heavy (non-hydrogen) atoms. The third-order valence-electron chi connectivity index (χ3n) is 4.32. The lowest BCUT2D eigenvalue weighted by molar-refractivity contribution is -0.385. The van der Waals surface area contributed by atoms with Crippen LogP contribution in [0, 0.1) is 15.9 Å². The Kier molecular flexibility index (Phi) is 6.23. The highest BCUT2D eigenvalue weighted by atomic mass is 35.5. The van der Waals surface area contributed by atoms with Crippen molar-refractivity contribution in [1.29, 1.82) is 0 Å². The largest absolute Gasteiger partial charge is 0.495 e. The number of anilines is 1. The van der Waals surface area contributed by atoms with Crippen molar-refractivity contribution in [2.45, 2.75) is 11.4 Å². The molecule has 0 saturated heterocycles. The number of para-hydroxylation sites is 2. The zero-order valence-corrected chi connectivity index (χ0v) is 17.2. The molecule has 3 aromatic carbocycles. The van der Waals surface area contributed by atoms with E-state index < -0.39 is 31.3 Å². The molecule has 0 aliphatic rings. The lowest BCUT2D eigenvalue weighted by Gasteiger charge is -2.26. The zero-order valence-electron chi connectivity index (χ0n) is 15.7. The topological polar surface area (TPSA) is 89.8 Å². The molecular weight excluding hydrogens is 435 g/mol. The Hall–Kier alpha value is -3.17. The summed E-state index contributed by atoms with van der Waals surface area (Å²) in [4.78, 5) is 9.96. The summed E-state index contributed by atoms with van der Waals surface area (Å²) in [7, 11) is -3.07. The van der Waals surface area contributed by atoms with Gasteiger partial charge < -0.3 is 4.74 Å². The van der Waals surface area contributed by atoms with Crippen LogP contribution < -0.4 is 9.04 Å². The van der Waals surface area contributed by atoms with Crippen LogP contribution in [0.2, 0.25) is 5.02 Å². The van der Waals surface area contributed by atoms with Crippen molar-refractivity contribution >= 4 is 33.0 Å². The Morgan fingerprint density at radius 2 is 1.77 bits per heavy atom. The molecule has 3 rings (SSSR count). The van der Waals surface area contributed by atoms with Crippen molar-refractivity contribution in [3.05, 3.63) is 93.2 Å². The molecule has 0 atom stereocenters. The van der Waals surface area contributed by atoms with E-state index in [1.807, 2.05) is 0 Å². The average molecular weight is 451 g/mol. The standard InChI is InChI=1S/C20H16ClFN2O5S/c1-29-19-9-5-4-8-18(19)23(13-14-6-2-3-7-17(14)22)30(27,28)20-12-15(24(25)26)10-11-16(20)21/h2-12H,13H2,1H3. The number of rotatable bonds is 7. The van der Waals surface area contributed by atoms with Crippen LogP contribution in [-0.2, 0) is 16.6 Å². The maximum absolute atomic E-state index is 14.3. The summed E-state index contributed by atoms with van der Waals surface area (Å²) >= 11 is 6.09. The number of hydrogen-bond donors (Lipinski definition) is 0. The third kappa shape index (κ3) is 4.22. The molecule has 0 radical (unpaired) electrons. The van der Waals surface area contributed by atoms with Crippen molar-refractivity contribution in [1.82, 2.24) is 0 Å². The van der Waals surface area contributed by atoms with Gasteiger partial charge >= 0.3 is 0 Å². The molecule has 0 heterocycles. The Labute approximate surface area is 177 Å². The first kappa shape index (κ1) is 21.5. The highest BCUT2D eigenvalue weighted by Crippen LogP contribution is 2.36. The predicted octanol–water partition coefficient (Wildman–Crippen LogP) is 4.79. The summed E-state index contributed by atoms with van der Waals surface area (Å²) in [5.74, 6) is -0.378. The van der Waals surface area contributed by atoms with Gasteiger partial charge in [0.15, 0.2) is 0 Å². The maximum Gasteiger partial charge on any atom is 0.270 e. The summed E-state index contributed by atoms with van der Waals surface area (Å²) in [6.45, 7) is -0.381. The second-order valence-electron chi connectivity index (χ2n) is 6.15. The lowest BCUT2D eigenvalue weighted by Crippen LogP contribution is -2.31. The molecule has 0 fully saturated rings. The summed E-state index contributed by atoms with van der Waals surface area (Å²) in [5, 5.41) is 11.0. The van der Waals surface area contributed by atoms with Gasteiger partial charge in [0.2, 0.25) is 0 Å². The zero-order chi connectivity index (χ0) is 21.9. The molecule has 0 saturated carbocycles. The summed E-state index contributed by atoms with van der Waals surface area (Å²) in [6, 6.07) is 15.1. The monoisotopic (exact) mass is 450 g/mol. The third-order valence-corrected chi connectivity index (χ3v) is 6.56. The molecule has 0 spiro atoms. The second-order valence-corrected chi connectivity index (χ2v) is 8.38. The molecule has 0 N–H and O–H groups in total. The fourth-order valence-corrected chi connectivity index (χ4v) is 4.79. The van der Waals surface area contributed by atoms with Crippen molar-refractivity contribution in [3.8, 4) is 5.75 Å². The Morgan fingerprint density at radius 1 is 1.10 bits per heavy atom. The smallest absolute Gasteiger partial charge is 0.270 e. The molecule has 156 valence electrons. The Morgan fingerprint density at radius 3 is 2.43 bits per heavy atom. The van der Waals surface area contributed by atoms with Crippen molar-refractivity contribution in [3.63, 3.8) is 0 Å². The number of ether oxygens (including phenoxy) is 1. The van der Waals surface area contributed by atoms with Crippen LogP contribution in [0.4, 0.5) is 15.8 Å². The van der Waals surface area contributed by atoms with Crippen LogP contribution in [-0.4, -0.2) is 20.5 Å². The van der Waals surface area contributed by atoms with Gasteiger partial charge in [-0.1, -0.05) is 41.9 Å². The van der Waals surface area contributed by atoms with E-state index in [1.54, 1.807) is 24.3 Å². The second kappa shape index (κ2) is 8.68. The van der Waals surface area contributed by atoms with E-state index in [1.165, 1.54) is 31.4 Å². The average Bonchev–Trinajstić information content (AvgIpc) is 2.73. The fraction of sp³-hybridized carbons (Fsp3) is 0.100. The first-order valence-electron chi connectivity index (χ1n) is 8.59. The first-order chi connectivity index (χ1) is 14.3. The molecule has 0 aliphatic carbocycles. The molecule has 0 bridgehead atoms. The normalized spacial score (nSPS) is 11.2. The quantitative estimate of drug-likeness (QED) is 0.381. The van der Waals surface area contributed by atoms with Gasteiger partial charge in [0.05, 0.1) is 29.3 Å². The van der Waals surface area contributed by atoms with Gasteiger partial charge in [0.1, 0.15) is 16.5 Å². The van der Waals surface area contributed by atoms with Gasteiger partial charge in [-0.25, -0.2) is 12.8 Å². The van der Waals surface area contributed by atoms with Crippen molar-refractivity contribution in [2.75, 3.05) is 11.4 Å². The van der Waals surface area contributed by atoms with E-state index in [-0.39, 0.29) is 28.6 Å². The van der Waals surface area contributed by atoms with Crippen LogP contribution >= 0.6 is 11.6 Å². The van der Waals surface area contributed by atoms with E-state index in [4.69, 9.17) is 16.3 Å². The van der Waals surface area contributed by atoms with Gasteiger partial charge in [-0.3, -0.25) is 14.4 Å². The fourth-order valence-electron chi connectivity index (χ4n) is 2.84. The number of halogens is 2. The number of nitro benzene ring substituents is 1. The molecule has 10 heteroatoms. The van der Waals surface area contributed by atoms with Crippen LogP contribution in [0.5, 0.6) is 5.75 Å². The van der Waals surface area contributed by atoms with Crippen molar-refractivity contribution < 1.29 is 22.5 Å². The minimum Gasteiger partial charge on any atom is -0.495 e. The van der Waals surface area contributed by atoms with Gasteiger partial charge in [-0.05, 0) is 24.3 Å². The first-order valence-corrected chi connectivity index (χ1v) is 10.4. The molecule has 7 nitrogen and oxygen atoms in total. The number of hydrogen-bond acceptors (Lipinski definition) is 5. The highest BCUT2D eigenvalue weighted by molar-refractivity contribution is 7.93. The number of nitro groups is 1. The Balaban J connectivity index is 2.22. The number of non-ortho nitro benzene ring substituents is 1. The lowest BCUT2D eigenvalue weighted by atomic mass is 10.2. The van der Waals surface area contributed by atoms with E-state index in [0.29, 0.717) is 0 Å². The SMILES string of the molecule is COc1ccccc1N(Cc1ccccc1F)S(=O)(=O)c1cc([N+](=O)[O-])ccc1Cl. The minimum atomic E-state index is -4.44. The molecule has 0 aromatic heterocycles. The minimum absolute atomic E-state index is 0.105. The predicted molar refractivity (Wildman–Crippen MR) is 111 cm³/mol. The highest BCUT2D eigenvalue weighted by Gasteiger charge is 2.31. The van der Waals surface area contributed by atoms with Crippen LogP contribution in [0.3, 0.4) is 0 Å². The summed E-state index contributed by atoms with van der Waals surface area (Å²) in [6.07, 6.45) is 0. The molecule has 0 amide bonds. The molecule has 0 aliphatic heterocycles.